The molecule has 0 bridgehead atoms. The summed E-state index contributed by atoms with van der Waals surface area (Å²) in [5.74, 6) is -2.03. The van der Waals surface area contributed by atoms with Gasteiger partial charge in [-0.2, -0.15) is 13.2 Å². The van der Waals surface area contributed by atoms with Gasteiger partial charge >= 0.3 is 6.18 Å². The number of thiazole rings is 1. The standard InChI is InChI=1S/C16H13F4N3O2S/c1-8-4-10(2-3-11(8)17)23-7-9(5-13(23)24)14(25)22-15-21-6-12(26-15)16(18,19)20/h2-4,6,9H,5,7H2,1H3,(H,21,22,25). The molecule has 1 aromatic heterocycles. The highest BCUT2D eigenvalue weighted by atomic mass is 32.1. The Bertz CT molecular complexity index is 865. The molecule has 1 fully saturated rings. The molecule has 0 radical (unpaired) electrons. The summed E-state index contributed by atoms with van der Waals surface area (Å²) < 4.78 is 51.1. The maximum atomic E-state index is 13.4. The molecule has 2 heterocycles. The highest BCUT2D eigenvalue weighted by Gasteiger charge is 2.37. The second-order valence-electron chi connectivity index (χ2n) is 5.86. The van der Waals surface area contributed by atoms with E-state index in [1.807, 2.05) is 0 Å². The molecule has 138 valence electrons. The summed E-state index contributed by atoms with van der Waals surface area (Å²) in [4.78, 5) is 28.4. The maximum absolute atomic E-state index is 13.4. The van der Waals surface area contributed by atoms with Crippen LogP contribution in [0.5, 0.6) is 0 Å². The number of aromatic nitrogens is 1. The van der Waals surface area contributed by atoms with Crippen molar-refractivity contribution in [1.82, 2.24) is 4.98 Å². The van der Waals surface area contributed by atoms with Crippen LogP contribution in [0.15, 0.2) is 24.4 Å². The molecule has 1 N–H and O–H groups in total. The largest absolute Gasteiger partial charge is 0.427 e. The van der Waals surface area contributed by atoms with E-state index in [-0.39, 0.29) is 24.0 Å². The lowest BCUT2D eigenvalue weighted by molar-refractivity contribution is -0.134. The summed E-state index contributed by atoms with van der Waals surface area (Å²) in [7, 11) is 0. The quantitative estimate of drug-likeness (QED) is 0.819. The minimum atomic E-state index is -4.53. The summed E-state index contributed by atoms with van der Waals surface area (Å²) in [6.07, 6.45) is -3.96. The average molecular weight is 387 g/mol. The molecule has 2 aromatic rings. The van der Waals surface area contributed by atoms with Crippen LogP contribution < -0.4 is 10.2 Å². The van der Waals surface area contributed by atoms with Crippen LogP contribution in [-0.2, 0) is 15.8 Å². The first-order chi connectivity index (χ1) is 12.1. The van der Waals surface area contributed by atoms with E-state index in [0.29, 0.717) is 28.8 Å². The average Bonchev–Trinajstić information content (AvgIpc) is 3.16. The van der Waals surface area contributed by atoms with Gasteiger partial charge < -0.3 is 10.2 Å². The lowest BCUT2D eigenvalue weighted by atomic mass is 10.1. The molecule has 1 aromatic carbocycles. The number of rotatable bonds is 3. The smallest absolute Gasteiger partial charge is 0.312 e. The molecule has 2 amide bonds. The van der Waals surface area contributed by atoms with Gasteiger partial charge in [0.25, 0.3) is 0 Å². The zero-order valence-corrected chi connectivity index (χ0v) is 14.2. The SMILES string of the molecule is Cc1cc(N2CC(C(=O)Nc3ncc(C(F)(F)F)s3)CC2=O)ccc1F. The number of anilines is 2. The monoisotopic (exact) mass is 387 g/mol. The summed E-state index contributed by atoms with van der Waals surface area (Å²) in [6, 6.07) is 4.18. The van der Waals surface area contributed by atoms with E-state index in [1.54, 1.807) is 6.92 Å². The number of hydrogen-bond donors (Lipinski definition) is 1. The van der Waals surface area contributed by atoms with Crippen molar-refractivity contribution < 1.29 is 27.2 Å². The lowest BCUT2D eigenvalue weighted by Gasteiger charge is -2.17. The number of nitrogens with one attached hydrogen (secondary N) is 1. The van der Waals surface area contributed by atoms with Crippen molar-refractivity contribution in [2.24, 2.45) is 5.92 Å². The zero-order chi connectivity index (χ0) is 19.1. The van der Waals surface area contributed by atoms with E-state index in [0.717, 1.165) is 0 Å². The predicted molar refractivity (Wildman–Crippen MR) is 87.3 cm³/mol. The van der Waals surface area contributed by atoms with Crippen LogP contribution in [0.1, 0.15) is 16.9 Å². The van der Waals surface area contributed by atoms with Crippen LogP contribution in [-0.4, -0.2) is 23.3 Å². The van der Waals surface area contributed by atoms with Crippen molar-refractivity contribution in [3.63, 3.8) is 0 Å². The van der Waals surface area contributed by atoms with E-state index < -0.39 is 28.7 Å². The summed E-state index contributed by atoms with van der Waals surface area (Å²) in [5, 5.41) is 2.14. The third-order valence-electron chi connectivity index (χ3n) is 3.96. The van der Waals surface area contributed by atoms with E-state index in [1.165, 1.54) is 23.1 Å². The Morgan fingerprint density at radius 3 is 2.73 bits per heavy atom. The van der Waals surface area contributed by atoms with Gasteiger partial charge in [0.05, 0.1) is 12.1 Å². The van der Waals surface area contributed by atoms with Gasteiger partial charge in [-0.1, -0.05) is 11.3 Å². The molecular weight excluding hydrogens is 374 g/mol. The van der Waals surface area contributed by atoms with Gasteiger partial charge in [0.1, 0.15) is 10.7 Å². The van der Waals surface area contributed by atoms with E-state index in [2.05, 4.69) is 10.3 Å². The number of carbonyl (C=O) groups excluding carboxylic acids is 2. The van der Waals surface area contributed by atoms with Gasteiger partial charge in [0.2, 0.25) is 11.8 Å². The second kappa shape index (κ2) is 6.67. The molecule has 5 nitrogen and oxygen atoms in total. The Labute approximate surface area is 149 Å². The third kappa shape index (κ3) is 3.69. The van der Waals surface area contributed by atoms with Crippen LogP contribution in [0, 0.1) is 18.7 Å². The van der Waals surface area contributed by atoms with Crippen molar-refractivity contribution in [2.45, 2.75) is 19.5 Å². The maximum Gasteiger partial charge on any atom is 0.427 e. The highest BCUT2D eigenvalue weighted by Crippen LogP contribution is 2.35. The van der Waals surface area contributed by atoms with Gasteiger partial charge in [-0.15, -0.1) is 0 Å². The fraction of sp³-hybridized carbons (Fsp3) is 0.312. The number of benzene rings is 1. The number of hydrogen-bond acceptors (Lipinski definition) is 4. The molecule has 0 saturated carbocycles. The van der Waals surface area contributed by atoms with Gasteiger partial charge in [-0.25, -0.2) is 9.37 Å². The molecule has 10 heteroatoms. The summed E-state index contributed by atoms with van der Waals surface area (Å²) >= 11 is 0.320. The number of nitrogens with zero attached hydrogens (tertiary/aromatic N) is 2. The summed E-state index contributed by atoms with van der Waals surface area (Å²) in [5.41, 5.74) is 0.837. The topological polar surface area (TPSA) is 62.3 Å². The van der Waals surface area contributed by atoms with Crippen LogP contribution >= 0.6 is 11.3 Å². The van der Waals surface area contributed by atoms with Gasteiger partial charge in [0, 0.05) is 18.7 Å². The van der Waals surface area contributed by atoms with E-state index in [4.69, 9.17) is 0 Å². The molecule has 1 aliphatic rings. The molecule has 1 unspecified atom stereocenters. The van der Waals surface area contributed by atoms with Crippen LogP contribution in [0.25, 0.3) is 0 Å². The van der Waals surface area contributed by atoms with Crippen LogP contribution in [0.4, 0.5) is 28.4 Å². The molecule has 0 spiro atoms. The van der Waals surface area contributed by atoms with Crippen LogP contribution in [0.2, 0.25) is 0 Å². The Balaban J connectivity index is 1.69. The lowest BCUT2D eigenvalue weighted by Crippen LogP contribution is -2.28. The second-order valence-corrected chi connectivity index (χ2v) is 6.89. The number of aryl methyl sites for hydroxylation is 1. The minimum absolute atomic E-state index is 0.0627. The Morgan fingerprint density at radius 1 is 1.38 bits per heavy atom. The van der Waals surface area contributed by atoms with E-state index in [9.17, 15) is 27.2 Å². The Kier molecular flexibility index (Phi) is 4.70. The predicted octanol–water partition coefficient (Wildman–Crippen LogP) is 3.60. The van der Waals surface area contributed by atoms with Gasteiger partial charge in [-0.3, -0.25) is 9.59 Å². The van der Waals surface area contributed by atoms with Crippen molar-refractivity contribution in [2.75, 3.05) is 16.8 Å². The summed E-state index contributed by atoms with van der Waals surface area (Å²) in [6.45, 7) is 1.62. The molecule has 1 atom stereocenters. The first-order valence-corrected chi connectivity index (χ1v) is 8.37. The first kappa shape index (κ1) is 18.3. The normalized spacial score (nSPS) is 17.7. The molecule has 1 aliphatic heterocycles. The zero-order valence-electron chi connectivity index (χ0n) is 13.4. The third-order valence-corrected chi connectivity index (χ3v) is 4.92. The number of amides is 2. The van der Waals surface area contributed by atoms with Crippen molar-refractivity contribution in [1.29, 1.82) is 0 Å². The number of carbonyl (C=O) groups is 2. The van der Waals surface area contributed by atoms with Crippen molar-refractivity contribution >= 4 is 34.0 Å². The fourth-order valence-electron chi connectivity index (χ4n) is 2.60. The molecule has 26 heavy (non-hydrogen) atoms. The fourth-order valence-corrected chi connectivity index (χ4v) is 3.29. The number of alkyl halides is 3. The van der Waals surface area contributed by atoms with Crippen molar-refractivity contribution in [3.05, 3.63) is 40.7 Å². The first-order valence-electron chi connectivity index (χ1n) is 7.55. The molecular formula is C16H13F4N3O2S. The van der Waals surface area contributed by atoms with Crippen LogP contribution in [0.3, 0.4) is 0 Å². The number of halogens is 4. The Hall–Kier alpha value is -2.49. The minimum Gasteiger partial charge on any atom is -0.312 e. The highest BCUT2D eigenvalue weighted by molar-refractivity contribution is 7.15. The Morgan fingerprint density at radius 2 is 2.12 bits per heavy atom. The molecule has 3 rings (SSSR count). The van der Waals surface area contributed by atoms with Gasteiger partial charge in [0.15, 0.2) is 5.13 Å². The molecule has 0 aliphatic carbocycles. The van der Waals surface area contributed by atoms with Gasteiger partial charge in [-0.05, 0) is 30.7 Å². The van der Waals surface area contributed by atoms with E-state index >= 15 is 0 Å². The van der Waals surface area contributed by atoms with Crippen molar-refractivity contribution in [3.8, 4) is 0 Å². The molecule has 1 saturated heterocycles.